The Balaban J connectivity index is 2.37. The quantitative estimate of drug-likeness (QED) is 0.530. The van der Waals surface area contributed by atoms with Gasteiger partial charge in [0.2, 0.25) is 0 Å². The molecule has 21 heavy (non-hydrogen) atoms. The van der Waals surface area contributed by atoms with E-state index in [2.05, 4.69) is 31.9 Å². The van der Waals surface area contributed by atoms with Crippen molar-refractivity contribution in [2.75, 3.05) is 5.32 Å². The van der Waals surface area contributed by atoms with Gasteiger partial charge in [0.25, 0.3) is 5.91 Å². The van der Waals surface area contributed by atoms with Crippen molar-refractivity contribution in [3.05, 3.63) is 62.0 Å². The van der Waals surface area contributed by atoms with Gasteiger partial charge in [0.15, 0.2) is 0 Å². The fourth-order valence-corrected chi connectivity index (χ4v) is 2.31. The summed E-state index contributed by atoms with van der Waals surface area (Å²) in [5.41, 5.74) is -1.27. The van der Waals surface area contributed by atoms with E-state index in [1.54, 1.807) is 0 Å². The highest BCUT2D eigenvalue weighted by molar-refractivity contribution is 9.10. The fourth-order valence-electron chi connectivity index (χ4n) is 1.56. The summed E-state index contributed by atoms with van der Waals surface area (Å²) < 4.78 is 53.8. The highest BCUT2D eigenvalue weighted by Gasteiger charge is 2.20. The molecule has 0 spiro atoms. The van der Waals surface area contributed by atoms with E-state index in [1.807, 2.05) is 5.32 Å². The number of hydrogen-bond donors (Lipinski definition) is 1. The number of amides is 1. The number of benzene rings is 2. The van der Waals surface area contributed by atoms with Gasteiger partial charge in [0.1, 0.15) is 28.8 Å². The van der Waals surface area contributed by atoms with Gasteiger partial charge in [-0.3, -0.25) is 4.79 Å². The molecule has 8 heteroatoms. The summed E-state index contributed by atoms with van der Waals surface area (Å²) in [4.78, 5) is 11.8. The van der Waals surface area contributed by atoms with Crippen molar-refractivity contribution in [2.45, 2.75) is 0 Å². The summed E-state index contributed by atoms with van der Waals surface area (Å²) in [6.07, 6.45) is 0. The van der Waals surface area contributed by atoms with Crippen LogP contribution in [0.4, 0.5) is 23.2 Å². The minimum Gasteiger partial charge on any atom is -0.319 e. The number of halogens is 6. The molecule has 110 valence electrons. The first-order valence-corrected chi connectivity index (χ1v) is 6.98. The van der Waals surface area contributed by atoms with Crippen LogP contribution in [0.25, 0.3) is 0 Å². The largest absolute Gasteiger partial charge is 0.319 e. The summed E-state index contributed by atoms with van der Waals surface area (Å²) >= 11 is 5.69. The molecule has 1 N–H and O–H groups in total. The van der Waals surface area contributed by atoms with Gasteiger partial charge in [-0.25, -0.2) is 17.6 Å². The molecule has 2 aromatic rings. The van der Waals surface area contributed by atoms with Gasteiger partial charge in [0, 0.05) is 10.5 Å². The lowest BCUT2D eigenvalue weighted by Gasteiger charge is -2.09. The Bertz CT molecular complexity index is 713. The lowest BCUT2D eigenvalue weighted by molar-refractivity contribution is 0.101. The predicted octanol–water partition coefficient (Wildman–Crippen LogP) is 5.02. The molecule has 2 aromatic carbocycles. The normalized spacial score (nSPS) is 10.6. The average Bonchev–Trinajstić information content (AvgIpc) is 2.34. The molecule has 0 saturated heterocycles. The van der Waals surface area contributed by atoms with Crippen LogP contribution in [-0.2, 0) is 0 Å². The molecule has 1 amide bonds. The van der Waals surface area contributed by atoms with E-state index in [0.717, 1.165) is 18.2 Å². The first kappa shape index (κ1) is 16.0. The smallest absolute Gasteiger partial charge is 0.261 e. The molecule has 0 aliphatic carbocycles. The Morgan fingerprint density at radius 2 is 1.43 bits per heavy atom. The molecular weight excluding hydrogens is 422 g/mol. The van der Waals surface area contributed by atoms with Gasteiger partial charge in [-0.05, 0) is 34.1 Å². The number of hydrogen-bond acceptors (Lipinski definition) is 1. The van der Waals surface area contributed by atoms with Crippen molar-refractivity contribution >= 4 is 43.5 Å². The second kappa shape index (κ2) is 6.15. The standard InChI is InChI=1S/C13H5Br2F4NO/c14-5-1-9(18)12(10(19)2-5)13(21)20-11-3-6(15)7(16)4-8(11)17/h1-4H,(H,20,21). The number of nitrogens with one attached hydrogen (secondary N) is 1. The van der Waals surface area contributed by atoms with Crippen LogP contribution in [-0.4, -0.2) is 5.91 Å². The molecule has 2 nitrogen and oxygen atoms in total. The van der Waals surface area contributed by atoms with E-state index in [1.165, 1.54) is 0 Å². The molecule has 0 aromatic heterocycles. The van der Waals surface area contributed by atoms with Crippen LogP contribution in [0.3, 0.4) is 0 Å². The number of carbonyl (C=O) groups is 1. The van der Waals surface area contributed by atoms with Crippen LogP contribution < -0.4 is 5.32 Å². The third-order valence-corrected chi connectivity index (χ3v) is 3.56. The third kappa shape index (κ3) is 3.44. The summed E-state index contributed by atoms with van der Waals surface area (Å²) in [5.74, 6) is -5.34. The van der Waals surface area contributed by atoms with Gasteiger partial charge < -0.3 is 5.32 Å². The topological polar surface area (TPSA) is 29.1 Å². The van der Waals surface area contributed by atoms with E-state index in [4.69, 9.17) is 0 Å². The van der Waals surface area contributed by atoms with Gasteiger partial charge in [-0.2, -0.15) is 0 Å². The van der Waals surface area contributed by atoms with E-state index < -0.39 is 40.4 Å². The Morgan fingerprint density at radius 3 is 2.00 bits per heavy atom. The van der Waals surface area contributed by atoms with E-state index in [9.17, 15) is 22.4 Å². The fraction of sp³-hybridized carbons (Fsp3) is 0. The molecule has 0 aliphatic rings. The van der Waals surface area contributed by atoms with Gasteiger partial charge in [0.05, 0.1) is 10.2 Å². The molecule has 0 saturated carbocycles. The zero-order valence-corrected chi connectivity index (χ0v) is 13.2. The van der Waals surface area contributed by atoms with Gasteiger partial charge in [-0.15, -0.1) is 0 Å². The Labute approximate surface area is 133 Å². The van der Waals surface area contributed by atoms with Crippen LogP contribution in [0.2, 0.25) is 0 Å². The first-order valence-electron chi connectivity index (χ1n) is 5.40. The molecule has 0 unspecified atom stereocenters. The maximum absolute atomic E-state index is 13.6. The Morgan fingerprint density at radius 1 is 0.857 bits per heavy atom. The first-order chi connectivity index (χ1) is 9.79. The maximum atomic E-state index is 13.6. The molecule has 0 radical (unpaired) electrons. The predicted molar refractivity (Wildman–Crippen MR) is 76.1 cm³/mol. The minimum absolute atomic E-state index is 0.101. The molecular formula is C13H5Br2F4NO. The lowest BCUT2D eigenvalue weighted by atomic mass is 10.1. The number of rotatable bonds is 2. The maximum Gasteiger partial charge on any atom is 0.261 e. The second-order valence-corrected chi connectivity index (χ2v) is 5.71. The summed E-state index contributed by atoms with van der Waals surface area (Å²) in [6, 6.07) is 3.29. The Hall–Kier alpha value is -1.41. The number of anilines is 1. The molecule has 0 atom stereocenters. The van der Waals surface area contributed by atoms with Crippen LogP contribution in [0.5, 0.6) is 0 Å². The number of carbonyl (C=O) groups excluding carboxylic acids is 1. The van der Waals surface area contributed by atoms with Crippen molar-refractivity contribution in [1.29, 1.82) is 0 Å². The molecule has 0 aliphatic heterocycles. The molecule has 0 heterocycles. The monoisotopic (exact) mass is 425 g/mol. The third-order valence-electron chi connectivity index (χ3n) is 2.49. The second-order valence-electron chi connectivity index (χ2n) is 3.94. The molecule has 0 bridgehead atoms. The van der Waals surface area contributed by atoms with Gasteiger partial charge >= 0.3 is 0 Å². The zero-order valence-electron chi connectivity index (χ0n) is 9.99. The highest BCUT2D eigenvalue weighted by Crippen LogP contribution is 2.25. The molecule has 2 rings (SSSR count). The lowest BCUT2D eigenvalue weighted by Crippen LogP contribution is -2.17. The zero-order chi connectivity index (χ0) is 15.7. The summed E-state index contributed by atoms with van der Waals surface area (Å²) in [6.45, 7) is 0. The van der Waals surface area contributed by atoms with Crippen molar-refractivity contribution in [1.82, 2.24) is 0 Å². The van der Waals surface area contributed by atoms with Crippen molar-refractivity contribution in [3.8, 4) is 0 Å². The van der Waals surface area contributed by atoms with Crippen molar-refractivity contribution in [3.63, 3.8) is 0 Å². The van der Waals surface area contributed by atoms with E-state index in [-0.39, 0.29) is 8.95 Å². The van der Waals surface area contributed by atoms with Crippen molar-refractivity contribution in [2.24, 2.45) is 0 Å². The SMILES string of the molecule is O=C(Nc1cc(Br)c(F)cc1F)c1c(F)cc(Br)cc1F. The average molecular weight is 427 g/mol. The summed E-state index contributed by atoms with van der Waals surface area (Å²) in [7, 11) is 0. The van der Waals surface area contributed by atoms with Gasteiger partial charge in [-0.1, -0.05) is 15.9 Å². The van der Waals surface area contributed by atoms with Crippen LogP contribution in [0.15, 0.2) is 33.2 Å². The van der Waals surface area contributed by atoms with Crippen molar-refractivity contribution < 1.29 is 22.4 Å². The summed E-state index contributed by atoms with van der Waals surface area (Å²) in [5, 5.41) is 1.99. The van der Waals surface area contributed by atoms with E-state index >= 15 is 0 Å². The minimum atomic E-state index is -1.19. The molecule has 0 fully saturated rings. The highest BCUT2D eigenvalue weighted by atomic mass is 79.9. The Kier molecular flexibility index (Phi) is 4.67. The van der Waals surface area contributed by atoms with E-state index in [0.29, 0.717) is 6.07 Å². The van der Waals surface area contributed by atoms with Crippen LogP contribution >= 0.6 is 31.9 Å². The van der Waals surface area contributed by atoms with Crippen LogP contribution in [0.1, 0.15) is 10.4 Å². The van der Waals surface area contributed by atoms with Crippen LogP contribution in [0, 0.1) is 23.3 Å².